The van der Waals surface area contributed by atoms with Gasteiger partial charge in [-0.1, -0.05) is 24.9 Å². The number of nitrogens with zero attached hydrogens (tertiary/aromatic N) is 2. The molecule has 0 aromatic heterocycles. The normalized spacial score (nSPS) is 16.9. The van der Waals surface area contributed by atoms with Crippen molar-refractivity contribution in [1.82, 2.24) is 9.62 Å². The van der Waals surface area contributed by atoms with Gasteiger partial charge in [-0.05, 0) is 12.1 Å². The van der Waals surface area contributed by atoms with Gasteiger partial charge in [0, 0.05) is 39.3 Å². The molecule has 0 radical (unpaired) electrons. The van der Waals surface area contributed by atoms with Crippen molar-refractivity contribution >= 4 is 18.5 Å². The van der Waals surface area contributed by atoms with E-state index in [1.807, 2.05) is 12.1 Å². The lowest BCUT2D eigenvalue weighted by molar-refractivity contribution is 0.262. The van der Waals surface area contributed by atoms with Gasteiger partial charge in [0.1, 0.15) is 5.75 Å². The molecule has 1 heterocycles. The van der Waals surface area contributed by atoms with E-state index in [9.17, 15) is 0 Å². The molecular formula is C13H21N3OS. The monoisotopic (exact) mass is 267 g/mol. The summed E-state index contributed by atoms with van der Waals surface area (Å²) in [6.07, 6.45) is 0. The number of anilines is 1. The first kappa shape index (κ1) is 13.5. The molecule has 1 aliphatic heterocycles. The summed E-state index contributed by atoms with van der Waals surface area (Å²) >= 11 is 4.02. The topological polar surface area (TPSA) is 27.7 Å². The summed E-state index contributed by atoms with van der Waals surface area (Å²) < 4.78 is 8.31. The zero-order chi connectivity index (χ0) is 12.8. The summed E-state index contributed by atoms with van der Waals surface area (Å²) in [5, 5.41) is 0. The number of ether oxygens (including phenoxy) is 1. The highest BCUT2D eigenvalue weighted by atomic mass is 32.1. The lowest BCUT2D eigenvalue weighted by atomic mass is 10.2. The van der Waals surface area contributed by atoms with E-state index in [-0.39, 0.29) is 0 Å². The second kappa shape index (κ2) is 6.87. The smallest absolute Gasteiger partial charge is 0.142 e. The molecule has 0 atom stereocenters. The van der Waals surface area contributed by atoms with E-state index in [1.54, 1.807) is 7.11 Å². The van der Waals surface area contributed by atoms with Gasteiger partial charge in [0.2, 0.25) is 0 Å². The van der Waals surface area contributed by atoms with Crippen molar-refractivity contribution < 1.29 is 4.74 Å². The number of nitrogens with one attached hydrogen (secondary N) is 1. The van der Waals surface area contributed by atoms with Crippen LogP contribution in [-0.4, -0.2) is 51.3 Å². The first-order valence-electron chi connectivity index (χ1n) is 6.32. The first-order valence-corrected chi connectivity index (χ1v) is 6.77. The zero-order valence-electron chi connectivity index (χ0n) is 10.8. The van der Waals surface area contributed by atoms with Gasteiger partial charge in [0.05, 0.1) is 12.8 Å². The average Bonchev–Trinajstić information content (AvgIpc) is 2.45. The maximum Gasteiger partial charge on any atom is 0.142 e. The fourth-order valence-corrected chi connectivity index (χ4v) is 2.41. The molecule has 0 aliphatic carbocycles. The Kier molecular flexibility index (Phi) is 5.16. The van der Waals surface area contributed by atoms with Crippen LogP contribution in [0.4, 0.5) is 5.69 Å². The third-order valence-electron chi connectivity index (χ3n) is 3.34. The SMILES string of the molecule is COc1ccccc1N1CCN(CCNS)CC1. The summed E-state index contributed by atoms with van der Waals surface area (Å²) in [6.45, 7) is 6.27. The second-order valence-corrected chi connectivity index (χ2v) is 4.72. The van der Waals surface area contributed by atoms with Crippen molar-refractivity contribution in [2.75, 3.05) is 51.3 Å². The van der Waals surface area contributed by atoms with E-state index in [2.05, 4.69) is 39.5 Å². The van der Waals surface area contributed by atoms with Crippen molar-refractivity contribution in [1.29, 1.82) is 0 Å². The third-order valence-corrected chi connectivity index (χ3v) is 3.56. The molecule has 2 rings (SSSR count). The van der Waals surface area contributed by atoms with Crippen LogP contribution in [0.5, 0.6) is 5.75 Å². The quantitative estimate of drug-likeness (QED) is 0.786. The first-order chi connectivity index (χ1) is 8.85. The lowest BCUT2D eigenvalue weighted by Gasteiger charge is -2.36. The molecule has 0 bridgehead atoms. The van der Waals surface area contributed by atoms with Gasteiger partial charge >= 0.3 is 0 Å². The lowest BCUT2D eigenvalue weighted by Crippen LogP contribution is -2.47. The molecule has 1 N–H and O–H groups in total. The van der Waals surface area contributed by atoms with Crippen molar-refractivity contribution in [2.24, 2.45) is 0 Å². The van der Waals surface area contributed by atoms with E-state index >= 15 is 0 Å². The minimum absolute atomic E-state index is 0.928. The van der Waals surface area contributed by atoms with Crippen LogP contribution in [0.25, 0.3) is 0 Å². The van der Waals surface area contributed by atoms with E-state index in [0.717, 1.165) is 45.0 Å². The summed E-state index contributed by atoms with van der Waals surface area (Å²) in [4.78, 5) is 4.85. The standard InChI is InChI=1S/C13H21N3OS/c1-17-13-5-3-2-4-12(13)16-10-8-15(9-11-16)7-6-14-18/h2-5,14,18H,6-11H2,1H3. The molecule has 100 valence electrons. The summed E-state index contributed by atoms with van der Waals surface area (Å²) in [6, 6.07) is 8.22. The third kappa shape index (κ3) is 3.31. The molecule has 1 aromatic carbocycles. The fraction of sp³-hybridized carbons (Fsp3) is 0.538. The van der Waals surface area contributed by atoms with Gasteiger partial charge in [-0.15, -0.1) is 0 Å². The van der Waals surface area contributed by atoms with Crippen LogP contribution in [0.3, 0.4) is 0 Å². The minimum Gasteiger partial charge on any atom is -0.495 e. The predicted octanol–water partition coefficient (Wildman–Crippen LogP) is 1.25. The molecule has 1 aromatic rings. The van der Waals surface area contributed by atoms with Crippen molar-refractivity contribution in [3.63, 3.8) is 0 Å². The summed E-state index contributed by atoms with van der Waals surface area (Å²) in [5.41, 5.74) is 1.20. The molecule has 1 aliphatic rings. The van der Waals surface area contributed by atoms with Crippen LogP contribution in [0, 0.1) is 0 Å². The van der Waals surface area contributed by atoms with E-state index < -0.39 is 0 Å². The number of hydrogen-bond donors (Lipinski definition) is 2. The number of methoxy groups -OCH3 is 1. The van der Waals surface area contributed by atoms with Gasteiger partial charge in [-0.25, -0.2) is 0 Å². The molecule has 0 unspecified atom stereocenters. The molecule has 0 amide bonds. The molecular weight excluding hydrogens is 246 g/mol. The molecule has 5 heteroatoms. The number of hydrogen-bond acceptors (Lipinski definition) is 5. The fourth-order valence-electron chi connectivity index (χ4n) is 2.31. The van der Waals surface area contributed by atoms with Crippen molar-refractivity contribution in [3.8, 4) is 5.75 Å². The maximum atomic E-state index is 5.41. The second-order valence-electron chi connectivity index (χ2n) is 4.41. The van der Waals surface area contributed by atoms with Crippen LogP contribution in [-0.2, 0) is 0 Å². The Bertz CT molecular complexity index is 367. The van der Waals surface area contributed by atoms with E-state index in [4.69, 9.17) is 4.74 Å². The highest BCUT2D eigenvalue weighted by molar-refractivity contribution is 7.78. The van der Waals surface area contributed by atoms with Crippen LogP contribution < -0.4 is 14.4 Å². The summed E-state index contributed by atoms with van der Waals surface area (Å²) in [7, 11) is 1.73. The Labute approximate surface area is 114 Å². The highest BCUT2D eigenvalue weighted by Crippen LogP contribution is 2.28. The maximum absolute atomic E-state index is 5.41. The van der Waals surface area contributed by atoms with Gasteiger partial charge in [0.15, 0.2) is 0 Å². The zero-order valence-corrected chi connectivity index (χ0v) is 11.7. The van der Waals surface area contributed by atoms with Gasteiger partial charge in [-0.2, -0.15) is 0 Å². The summed E-state index contributed by atoms with van der Waals surface area (Å²) in [5.74, 6) is 0.961. The Morgan fingerprint density at radius 2 is 1.94 bits per heavy atom. The molecule has 4 nitrogen and oxygen atoms in total. The van der Waals surface area contributed by atoms with Crippen LogP contribution in [0.2, 0.25) is 0 Å². The average molecular weight is 267 g/mol. The van der Waals surface area contributed by atoms with Crippen molar-refractivity contribution in [2.45, 2.75) is 0 Å². The number of benzene rings is 1. The van der Waals surface area contributed by atoms with Crippen LogP contribution in [0.1, 0.15) is 0 Å². The highest BCUT2D eigenvalue weighted by Gasteiger charge is 2.18. The van der Waals surface area contributed by atoms with Gasteiger partial charge in [0.25, 0.3) is 0 Å². The van der Waals surface area contributed by atoms with Crippen molar-refractivity contribution in [3.05, 3.63) is 24.3 Å². The molecule has 0 saturated carbocycles. The number of para-hydroxylation sites is 2. The molecule has 18 heavy (non-hydrogen) atoms. The van der Waals surface area contributed by atoms with E-state index in [1.165, 1.54) is 5.69 Å². The number of rotatable bonds is 5. The molecule has 1 saturated heterocycles. The Balaban J connectivity index is 1.92. The minimum atomic E-state index is 0.928. The molecule has 1 fully saturated rings. The number of piperazine rings is 1. The van der Waals surface area contributed by atoms with Crippen LogP contribution >= 0.6 is 12.8 Å². The number of thiol groups is 1. The Morgan fingerprint density at radius 3 is 2.61 bits per heavy atom. The molecule has 0 spiro atoms. The Morgan fingerprint density at radius 1 is 1.22 bits per heavy atom. The van der Waals surface area contributed by atoms with E-state index in [0.29, 0.717) is 0 Å². The van der Waals surface area contributed by atoms with Crippen LogP contribution in [0.15, 0.2) is 24.3 Å². The Hall–Kier alpha value is -0.910. The predicted molar refractivity (Wildman–Crippen MR) is 78.6 cm³/mol. The van der Waals surface area contributed by atoms with Gasteiger partial charge < -0.3 is 9.64 Å². The largest absolute Gasteiger partial charge is 0.495 e. The van der Waals surface area contributed by atoms with Gasteiger partial charge in [-0.3, -0.25) is 9.62 Å².